The molecule has 0 aromatic carbocycles. The number of hydrogen-bond acceptors (Lipinski definition) is 15. The zero-order chi connectivity index (χ0) is 35.7. The minimum absolute atomic E-state index is 0.00803. The molecule has 0 aliphatic carbocycles. The molecule has 0 spiro atoms. The second-order valence-corrected chi connectivity index (χ2v) is 23.8. The van der Waals surface area contributed by atoms with Gasteiger partial charge in [-0.25, -0.2) is 13.2 Å². The highest BCUT2D eigenvalue weighted by Crippen LogP contribution is 2.63. The molecule has 276 valence electrons. The Labute approximate surface area is 295 Å². The lowest BCUT2D eigenvalue weighted by Gasteiger charge is -2.41. The van der Waals surface area contributed by atoms with Gasteiger partial charge in [-0.05, 0) is 40.7 Å². The zero-order valence-corrected chi connectivity index (χ0v) is 33.4. The van der Waals surface area contributed by atoms with E-state index in [1.807, 2.05) is 0 Å². The largest absolute Gasteiger partial charge is 0.367 e. The van der Waals surface area contributed by atoms with Crippen molar-refractivity contribution >= 4 is 93.8 Å². The quantitative estimate of drug-likeness (QED) is 0.0327. The highest BCUT2D eigenvalue weighted by Gasteiger charge is 2.44. The number of carbonyl (C=O) groups is 3. The number of ether oxygens (including phenoxy) is 1. The molecular weight excluding hydrogens is 788 g/mol. The zero-order valence-electron chi connectivity index (χ0n) is 26.6. The monoisotopic (exact) mass is 832 g/mol. The first-order valence-electron chi connectivity index (χ1n) is 14.1. The van der Waals surface area contributed by atoms with E-state index in [-0.39, 0.29) is 64.9 Å². The Morgan fingerprint density at radius 3 is 1.87 bits per heavy atom. The molecule has 12 nitrogen and oxygen atoms in total. The molecule has 0 aromatic heterocycles. The molecule has 47 heavy (non-hydrogen) atoms. The Bertz CT molecular complexity index is 949. The van der Waals surface area contributed by atoms with Crippen LogP contribution in [0.4, 0.5) is 16.8 Å². The lowest BCUT2D eigenvalue weighted by atomic mass is 9.80. The van der Waals surface area contributed by atoms with Crippen LogP contribution >= 0.6 is 76.0 Å². The fourth-order valence-corrected chi connectivity index (χ4v) is 11.8. The van der Waals surface area contributed by atoms with Crippen molar-refractivity contribution in [1.82, 2.24) is 5.06 Å². The standard InChI is InChI=1S/C23H44F4N4O8P4S4/c1-21(2,39-47-40(24)10-7-28)14-23(16-36-42(26)44-11-8-29,17-37-43(27)45-12-9-30)15-35-22(3,4)41(25)46-13-20(34)38-31-18(32)5-6-19(31)33/h5-17,28-30H2,1-4H3. The van der Waals surface area contributed by atoms with Crippen molar-refractivity contribution in [3.8, 4) is 0 Å². The first-order chi connectivity index (χ1) is 22.0. The van der Waals surface area contributed by atoms with Crippen LogP contribution in [-0.4, -0.2) is 96.7 Å². The number of nitrogens with two attached hydrogens (primary N) is 3. The Morgan fingerprint density at radius 2 is 1.38 bits per heavy atom. The summed E-state index contributed by atoms with van der Waals surface area (Å²) in [6.45, 7) is 5.74. The molecule has 1 heterocycles. The van der Waals surface area contributed by atoms with Crippen LogP contribution in [0.3, 0.4) is 0 Å². The van der Waals surface area contributed by atoms with Crippen molar-refractivity contribution in [2.45, 2.75) is 57.9 Å². The molecule has 1 fully saturated rings. The molecule has 4 atom stereocenters. The summed E-state index contributed by atoms with van der Waals surface area (Å²) in [6, 6.07) is 0. The molecule has 0 aromatic rings. The van der Waals surface area contributed by atoms with Crippen molar-refractivity contribution < 1.29 is 54.0 Å². The summed E-state index contributed by atoms with van der Waals surface area (Å²) in [6.07, 6.45) is -0.0666. The molecule has 1 saturated heterocycles. The van der Waals surface area contributed by atoms with Crippen LogP contribution in [0.25, 0.3) is 0 Å². The second-order valence-electron chi connectivity index (χ2n) is 10.9. The van der Waals surface area contributed by atoms with Gasteiger partial charge in [-0.1, -0.05) is 34.1 Å². The van der Waals surface area contributed by atoms with E-state index < -0.39 is 70.1 Å². The van der Waals surface area contributed by atoms with Gasteiger partial charge in [0.1, 0.15) is 11.1 Å². The van der Waals surface area contributed by atoms with Gasteiger partial charge in [0.15, 0.2) is 14.9 Å². The minimum Gasteiger partial charge on any atom is -0.367 e. The number of carbonyl (C=O) groups excluding carboxylic acids is 3. The van der Waals surface area contributed by atoms with Crippen LogP contribution in [0.2, 0.25) is 0 Å². The highest BCUT2D eigenvalue weighted by atomic mass is 32.7. The average Bonchev–Trinajstić information content (AvgIpc) is 3.33. The summed E-state index contributed by atoms with van der Waals surface area (Å²) in [5, 5.41) is -1.15. The lowest BCUT2D eigenvalue weighted by molar-refractivity contribution is -0.195. The van der Waals surface area contributed by atoms with E-state index in [9.17, 15) is 27.0 Å². The van der Waals surface area contributed by atoms with E-state index in [2.05, 4.69) is 0 Å². The topological polar surface area (TPSA) is 179 Å². The fraction of sp³-hybridized carbons (Fsp3) is 0.870. The van der Waals surface area contributed by atoms with E-state index in [4.69, 9.17) is 40.0 Å². The lowest BCUT2D eigenvalue weighted by Crippen LogP contribution is -2.44. The summed E-state index contributed by atoms with van der Waals surface area (Å²) >= 11 is 2.97. The van der Waals surface area contributed by atoms with Gasteiger partial charge in [-0.2, -0.15) is 8.39 Å². The molecule has 0 saturated carbocycles. The number of nitrogens with zero attached hydrogens (tertiary/aromatic N) is 1. The number of hydrogen-bond donors (Lipinski definition) is 3. The van der Waals surface area contributed by atoms with E-state index in [0.717, 1.165) is 22.8 Å². The Morgan fingerprint density at radius 1 is 0.851 bits per heavy atom. The number of rotatable bonds is 27. The fourth-order valence-electron chi connectivity index (χ4n) is 3.62. The molecule has 4 unspecified atom stereocenters. The predicted octanol–water partition coefficient (Wildman–Crippen LogP) is 7.23. The van der Waals surface area contributed by atoms with Crippen LogP contribution in [0, 0.1) is 5.41 Å². The van der Waals surface area contributed by atoms with Crippen LogP contribution in [0.5, 0.6) is 0 Å². The molecular formula is C23H44F4N4O8P4S4. The molecule has 2 amide bonds. The van der Waals surface area contributed by atoms with Crippen LogP contribution in [0.1, 0.15) is 47.0 Å². The highest BCUT2D eigenvalue weighted by molar-refractivity contribution is 8.54. The number of amides is 2. The smallest absolute Gasteiger partial charge is 0.343 e. The third kappa shape index (κ3) is 19.0. The van der Waals surface area contributed by atoms with E-state index in [0.29, 0.717) is 39.6 Å². The maximum Gasteiger partial charge on any atom is 0.343 e. The Kier molecular flexibility index (Phi) is 23.3. The van der Waals surface area contributed by atoms with Gasteiger partial charge in [0.2, 0.25) is 0 Å². The van der Waals surface area contributed by atoms with Gasteiger partial charge < -0.3 is 40.0 Å². The van der Waals surface area contributed by atoms with Gasteiger partial charge in [0.05, 0.1) is 37.1 Å². The van der Waals surface area contributed by atoms with E-state index in [1.165, 1.54) is 13.8 Å². The molecule has 24 heteroatoms. The Balaban J connectivity index is 3.15. The van der Waals surface area contributed by atoms with Crippen molar-refractivity contribution in [2.75, 3.05) is 62.9 Å². The maximum absolute atomic E-state index is 15.6. The number of halogens is 4. The van der Waals surface area contributed by atoms with Gasteiger partial charge in [-0.3, -0.25) is 9.59 Å². The number of imide groups is 1. The molecule has 1 rings (SSSR count). The van der Waals surface area contributed by atoms with E-state index >= 15 is 4.20 Å². The second kappa shape index (κ2) is 23.7. The van der Waals surface area contributed by atoms with Gasteiger partial charge >= 0.3 is 5.97 Å². The van der Waals surface area contributed by atoms with Crippen LogP contribution in [0.15, 0.2) is 0 Å². The van der Waals surface area contributed by atoms with Gasteiger partial charge in [0, 0.05) is 49.0 Å². The first-order valence-corrected chi connectivity index (χ1v) is 25.2. The third-order valence-electron chi connectivity index (χ3n) is 5.66. The van der Waals surface area contributed by atoms with Crippen molar-refractivity contribution in [3.05, 3.63) is 0 Å². The summed E-state index contributed by atoms with van der Waals surface area (Å²) in [4.78, 5) is 40.5. The van der Waals surface area contributed by atoms with Gasteiger partial charge in [0.25, 0.3) is 27.1 Å². The Hall–Kier alpha value is 1.17. The molecule has 0 bridgehead atoms. The summed E-state index contributed by atoms with van der Waals surface area (Å²) in [5.41, 5.74) is 14.0. The molecule has 0 radical (unpaired) electrons. The molecule has 1 aliphatic heterocycles. The van der Waals surface area contributed by atoms with Crippen LogP contribution in [-0.2, 0) is 37.2 Å². The maximum atomic E-state index is 15.6. The number of hydroxylamine groups is 2. The van der Waals surface area contributed by atoms with Crippen LogP contribution < -0.4 is 17.2 Å². The van der Waals surface area contributed by atoms with Crippen molar-refractivity contribution in [1.29, 1.82) is 0 Å². The minimum atomic E-state index is -2.61. The summed E-state index contributed by atoms with van der Waals surface area (Å²) in [7, 11) is -9.71. The van der Waals surface area contributed by atoms with E-state index in [1.54, 1.807) is 13.8 Å². The first kappa shape index (κ1) is 46.2. The summed E-state index contributed by atoms with van der Waals surface area (Å²) in [5.74, 6) is -2.26. The predicted molar refractivity (Wildman–Crippen MR) is 190 cm³/mol. The molecule has 1 aliphatic rings. The molecule has 6 N–H and O–H groups in total. The van der Waals surface area contributed by atoms with Gasteiger partial charge in [-0.15, -0.1) is 5.06 Å². The van der Waals surface area contributed by atoms with Crippen molar-refractivity contribution in [2.24, 2.45) is 22.6 Å². The third-order valence-corrected chi connectivity index (χ3v) is 17.0. The normalized spacial score (nSPS) is 18.2. The summed E-state index contributed by atoms with van der Waals surface area (Å²) < 4.78 is 82.4. The SMILES string of the molecule is CC(C)(CC(COP(F)SCCN)(COP(F)SCCN)COC(C)(C)P(F)SCC(=O)ON1C(=O)CCC1=O)OSP(F)CCN. The van der Waals surface area contributed by atoms with Crippen molar-refractivity contribution in [3.63, 3.8) is 0 Å². The average molecular weight is 833 g/mol.